The van der Waals surface area contributed by atoms with E-state index in [-0.39, 0.29) is 106 Å². The maximum absolute atomic E-state index is 13.2. The predicted molar refractivity (Wildman–Crippen MR) is 222 cm³/mol. The second kappa shape index (κ2) is 19.1. The number of benzene rings is 3. The zero-order chi connectivity index (χ0) is 42.3. The molecule has 4 atom stereocenters. The lowest BCUT2D eigenvalue weighted by Gasteiger charge is -2.39. The van der Waals surface area contributed by atoms with Crippen LogP contribution in [0.5, 0.6) is 5.75 Å². The number of aliphatic hydroxyl groups is 1. The Morgan fingerprint density at radius 1 is 0.836 bits per heavy atom. The van der Waals surface area contributed by atoms with Crippen molar-refractivity contribution >= 4 is 40.9 Å². The fourth-order valence-electron chi connectivity index (χ4n) is 8.63. The van der Waals surface area contributed by atoms with Gasteiger partial charge in [-0.2, -0.15) is 0 Å². The van der Waals surface area contributed by atoms with Crippen LogP contribution in [0.4, 0.5) is 11.4 Å². The summed E-state index contributed by atoms with van der Waals surface area (Å²) in [6, 6.07) is 22.0. The summed E-state index contributed by atoms with van der Waals surface area (Å²) in [5.74, 6) is -2.16. The predicted octanol–water partition coefficient (Wildman–Crippen LogP) is 3.57. The highest BCUT2D eigenvalue weighted by Gasteiger charge is 2.46. The first kappa shape index (κ1) is 41.7. The molecule has 2 fully saturated rings. The number of ether oxygens (including phenoxy) is 4. The number of anilines is 2. The molecule has 0 saturated carbocycles. The standard InChI is InChI=1S/C45H48N6O10/c52-26-36-32-13-16-50(25-28-11-14-46-15-12-28)42(32)34-24-30(7-8-35(34)48-36)29-3-1-4-31(23-29)47-40(54)27-60-20-19-58-17-18-59-21-22-61-38-6-2-5-33-41(38)45(57)51(44(33)56)37-9-10-39(53)49-43(37)55/h1-8,11-12,14-15,23-24,32,36-37,42,48,52H,9-10,13,16-22,25-27H2,(H,47,54)(H,49,53,55)/t32-,36-,37?,42-/m1/s1. The van der Waals surface area contributed by atoms with Gasteiger partial charge in [0.15, 0.2) is 0 Å². The van der Waals surface area contributed by atoms with Crippen molar-refractivity contribution in [2.45, 2.75) is 43.9 Å². The molecule has 2 saturated heterocycles. The number of hydrogen-bond donors (Lipinski definition) is 4. The van der Waals surface area contributed by atoms with Gasteiger partial charge in [-0.05, 0) is 90.2 Å². The second-order valence-corrected chi connectivity index (χ2v) is 15.3. The largest absolute Gasteiger partial charge is 0.490 e. The molecule has 318 valence electrons. The van der Waals surface area contributed by atoms with Crippen molar-refractivity contribution in [1.29, 1.82) is 0 Å². The summed E-state index contributed by atoms with van der Waals surface area (Å²) in [6.07, 6.45) is 4.74. The SMILES string of the molecule is O=C1CCC(N2C(=O)c3cccc(OCCOCCOCCOCC(=O)Nc4cccc(-c5ccc6c(c5)[C@H]5[C@H](CCN5Cc5ccncc5)[C@@H](CO)N6)c4)c3C2=O)C(=O)N1. The molecule has 4 aliphatic heterocycles. The number of likely N-dealkylation sites (tertiary alicyclic amines) is 1. The molecule has 16 heteroatoms. The molecule has 5 amide bonds. The van der Waals surface area contributed by atoms with Gasteiger partial charge in [-0.1, -0.05) is 24.3 Å². The number of amides is 5. The van der Waals surface area contributed by atoms with E-state index < -0.39 is 29.7 Å². The van der Waals surface area contributed by atoms with Gasteiger partial charge < -0.3 is 34.7 Å². The number of aliphatic hydroxyl groups excluding tert-OH is 1. The zero-order valence-electron chi connectivity index (χ0n) is 33.5. The molecule has 0 spiro atoms. The Hall–Kier alpha value is -6.04. The number of pyridine rings is 1. The van der Waals surface area contributed by atoms with Crippen molar-refractivity contribution < 1.29 is 48.0 Å². The number of aromatic nitrogens is 1. The Labute approximate surface area is 352 Å². The third-order valence-corrected chi connectivity index (χ3v) is 11.5. The van der Waals surface area contributed by atoms with Crippen LogP contribution >= 0.6 is 0 Å². The lowest BCUT2D eigenvalue weighted by Crippen LogP contribution is -2.54. The van der Waals surface area contributed by atoms with Gasteiger partial charge in [-0.3, -0.25) is 44.1 Å². The lowest BCUT2D eigenvalue weighted by atomic mass is 9.82. The van der Waals surface area contributed by atoms with Gasteiger partial charge in [0, 0.05) is 48.7 Å². The van der Waals surface area contributed by atoms with Crippen molar-refractivity contribution in [3.05, 3.63) is 107 Å². The lowest BCUT2D eigenvalue weighted by molar-refractivity contribution is -0.136. The van der Waals surface area contributed by atoms with Gasteiger partial charge in [-0.25, -0.2) is 0 Å². The fraction of sp³-hybridized carbons (Fsp3) is 0.378. The van der Waals surface area contributed by atoms with E-state index in [1.165, 1.54) is 17.2 Å². The van der Waals surface area contributed by atoms with Crippen molar-refractivity contribution in [3.63, 3.8) is 0 Å². The van der Waals surface area contributed by atoms with E-state index in [0.717, 1.165) is 41.2 Å². The van der Waals surface area contributed by atoms with Crippen LogP contribution in [0.3, 0.4) is 0 Å². The number of nitrogens with one attached hydrogen (secondary N) is 3. The maximum atomic E-state index is 13.2. The number of rotatable bonds is 18. The molecule has 16 nitrogen and oxygen atoms in total. The van der Waals surface area contributed by atoms with Crippen LogP contribution in [0, 0.1) is 5.92 Å². The molecule has 4 N–H and O–H groups in total. The molecule has 5 heterocycles. The third kappa shape index (κ3) is 9.33. The van der Waals surface area contributed by atoms with Gasteiger partial charge in [0.25, 0.3) is 11.8 Å². The third-order valence-electron chi connectivity index (χ3n) is 11.5. The Morgan fingerprint density at radius 3 is 2.38 bits per heavy atom. The van der Waals surface area contributed by atoms with Gasteiger partial charge in [0.2, 0.25) is 17.7 Å². The van der Waals surface area contributed by atoms with Crippen LogP contribution in [0.25, 0.3) is 11.1 Å². The van der Waals surface area contributed by atoms with Crippen LogP contribution in [-0.2, 0) is 35.1 Å². The molecular weight excluding hydrogens is 785 g/mol. The summed E-state index contributed by atoms with van der Waals surface area (Å²) in [7, 11) is 0. The van der Waals surface area contributed by atoms with E-state index in [2.05, 4.69) is 44.0 Å². The van der Waals surface area contributed by atoms with Crippen molar-refractivity contribution in [1.82, 2.24) is 20.1 Å². The molecule has 0 aliphatic carbocycles. The number of nitrogens with zero attached hydrogens (tertiary/aromatic N) is 3. The average Bonchev–Trinajstić information content (AvgIpc) is 3.80. The van der Waals surface area contributed by atoms with Crippen LogP contribution < -0.4 is 20.7 Å². The normalized spacial score (nSPS) is 20.8. The molecular formula is C45H48N6O10. The van der Waals surface area contributed by atoms with Gasteiger partial charge in [0.1, 0.15) is 25.0 Å². The molecule has 1 unspecified atom stereocenters. The van der Waals surface area contributed by atoms with Crippen molar-refractivity contribution in [2.75, 3.05) is 70.0 Å². The van der Waals surface area contributed by atoms with E-state index in [1.54, 1.807) is 12.1 Å². The number of fused-ring (bicyclic) bond motifs is 4. The Balaban J connectivity index is 0.739. The monoisotopic (exact) mass is 832 g/mol. The first-order valence-electron chi connectivity index (χ1n) is 20.5. The zero-order valence-corrected chi connectivity index (χ0v) is 33.5. The van der Waals surface area contributed by atoms with E-state index in [1.807, 2.05) is 48.8 Å². The summed E-state index contributed by atoms with van der Waals surface area (Å²) in [5, 5.41) is 18.9. The van der Waals surface area contributed by atoms with Crippen molar-refractivity contribution in [3.8, 4) is 16.9 Å². The van der Waals surface area contributed by atoms with Crippen LogP contribution in [0.2, 0.25) is 0 Å². The summed E-state index contributed by atoms with van der Waals surface area (Å²) in [6.45, 7) is 2.97. The summed E-state index contributed by atoms with van der Waals surface area (Å²) in [4.78, 5) is 70.5. The van der Waals surface area contributed by atoms with Gasteiger partial charge in [-0.15, -0.1) is 0 Å². The van der Waals surface area contributed by atoms with E-state index >= 15 is 0 Å². The molecule has 8 rings (SSSR count). The number of imide groups is 2. The van der Waals surface area contributed by atoms with E-state index in [0.29, 0.717) is 5.69 Å². The maximum Gasteiger partial charge on any atom is 0.266 e. The molecule has 3 aromatic carbocycles. The minimum Gasteiger partial charge on any atom is -0.490 e. The van der Waals surface area contributed by atoms with E-state index in [4.69, 9.17) is 18.9 Å². The van der Waals surface area contributed by atoms with Gasteiger partial charge in [0.05, 0.1) is 56.8 Å². The molecule has 61 heavy (non-hydrogen) atoms. The fourth-order valence-corrected chi connectivity index (χ4v) is 8.63. The number of piperidine rings is 1. The highest BCUT2D eigenvalue weighted by atomic mass is 16.6. The Kier molecular flexibility index (Phi) is 13.1. The second-order valence-electron chi connectivity index (χ2n) is 15.3. The molecule has 1 aromatic heterocycles. The topological polar surface area (TPSA) is 198 Å². The molecule has 0 radical (unpaired) electrons. The van der Waals surface area contributed by atoms with E-state index in [9.17, 15) is 29.1 Å². The number of hydrogen-bond acceptors (Lipinski definition) is 13. The summed E-state index contributed by atoms with van der Waals surface area (Å²) >= 11 is 0. The highest BCUT2D eigenvalue weighted by molar-refractivity contribution is 6.24. The average molecular weight is 833 g/mol. The van der Waals surface area contributed by atoms with Gasteiger partial charge >= 0.3 is 0 Å². The quantitative estimate of drug-likeness (QED) is 0.0840. The van der Waals surface area contributed by atoms with Crippen molar-refractivity contribution in [2.24, 2.45) is 5.92 Å². The highest BCUT2D eigenvalue weighted by Crippen LogP contribution is 2.48. The molecule has 0 bridgehead atoms. The summed E-state index contributed by atoms with van der Waals surface area (Å²) < 4.78 is 22.4. The Morgan fingerprint density at radius 2 is 1.59 bits per heavy atom. The minimum absolute atomic E-state index is 0.0110. The first-order valence-corrected chi connectivity index (χ1v) is 20.5. The first-order chi connectivity index (χ1) is 29.8. The minimum atomic E-state index is -1.06. The smallest absolute Gasteiger partial charge is 0.266 e. The van der Waals surface area contributed by atoms with Crippen LogP contribution in [-0.4, -0.2) is 121 Å². The summed E-state index contributed by atoms with van der Waals surface area (Å²) in [5.41, 5.74) is 6.32. The Bertz CT molecular complexity index is 2270. The molecule has 4 aliphatic rings. The number of carbonyl (C=O) groups is 5. The molecule has 4 aromatic rings. The van der Waals surface area contributed by atoms with Crippen LogP contribution in [0.15, 0.2) is 85.2 Å². The number of carbonyl (C=O) groups excluding carboxylic acids is 5. The van der Waals surface area contributed by atoms with Crippen LogP contribution in [0.1, 0.15) is 57.1 Å².